The molecule has 2 aliphatic heterocycles. The maximum Gasteiger partial charge on any atom is 0.0535 e. The molecule has 1 N–H and O–H groups in total. The summed E-state index contributed by atoms with van der Waals surface area (Å²) < 4.78 is 5.46. The lowest BCUT2D eigenvalue weighted by atomic mass is 9.89. The van der Waals surface area contributed by atoms with E-state index in [-0.39, 0.29) is 0 Å². The molecule has 2 heteroatoms. The molecule has 0 saturated carbocycles. The Balaban J connectivity index is 1.59. The van der Waals surface area contributed by atoms with Crippen molar-refractivity contribution in [1.29, 1.82) is 0 Å². The fraction of sp³-hybridized carbons (Fsp3) is 0.625. The summed E-state index contributed by atoms with van der Waals surface area (Å²) in [7, 11) is 0. The lowest BCUT2D eigenvalue weighted by Crippen LogP contribution is -2.28. The van der Waals surface area contributed by atoms with Gasteiger partial charge in [-0.2, -0.15) is 0 Å². The molecule has 0 aliphatic carbocycles. The van der Waals surface area contributed by atoms with E-state index in [0.717, 1.165) is 19.1 Å². The second-order valence-corrected chi connectivity index (χ2v) is 5.70. The molecular weight excluding hydrogens is 222 g/mol. The normalized spacial score (nSPS) is 25.4. The Bertz CT molecular complexity index is 361. The summed E-state index contributed by atoms with van der Waals surface area (Å²) >= 11 is 0. The van der Waals surface area contributed by atoms with Gasteiger partial charge in [0.15, 0.2) is 0 Å². The molecule has 2 saturated heterocycles. The third kappa shape index (κ3) is 2.93. The minimum atomic E-state index is 0.637. The van der Waals surface area contributed by atoms with Crippen LogP contribution in [-0.4, -0.2) is 26.3 Å². The Labute approximate surface area is 110 Å². The van der Waals surface area contributed by atoms with Crippen molar-refractivity contribution in [3.05, 3.63) is 35.4 Å². The number of ether oxygens (including phenoxy) is 1. The molecule has 0 radical (unpaired) electrons. The van der Waals surface area contributed by atoms with Crippen LogP contribution in [0, 0.1) is 5.92 Å². The van der Waals surface area contributed by atoms with Gasteiger partial charge in [-0.25, -0.2) is 0 Å². The molecule has 2 heterocycles. The number of hydrogen-bond donors (Lipinski definition) is 1. The summed E-state index contributed by atoms with van der Waals surface area (Å²) in [6.07, 6.45) is 5.10. The Morgan fingerprint density at radius 2 is 1.83 bits per heavy atom. The molecule has 0 amide bonds. The van der Waals surface area contributed by atoms with E-state index in [9.17, 15) is 0 Å². The molecule has 18 heavy (non-hydrogen) atoms. The fourth-order valence-corrected chi connectivity index (χ4v) is 3.14. The second kappa shape index (κ2) is 5.85. The average Bonchev–Trinajstić information content (AvgIpc) is 2.95. The first-order valence-electron chi connectivity index (χ1n) is 7.29. The van der Waals surface area contributed by atoms with E-state index in [4.69, 9.17) is 4.74 Å². The van der Waals surface area contributed by atoms with Crippen LogP contribution in [0.15, 0.2) is 24.3 Å². The van der Waals surface area contributed by atoms with Gasteiger partial charge in [-0.15, -0.1) is 0 Å². The predicted molar refractivity (Wildman–Crippen MR) is 73.9 cm³/mol. The number of nitrogens with one attached hydrogen (secondary N) is 1. The third-order valence-corrected chi connectivity index (χ3v) is 4.36. The van der Waals surface area contributed by atoms with Crippen molar-refractivity contribution in [3.63, 3.8) is 0 Å². The summed E-state index contributed by atoms with van der Waals surface area (Å²) in [5.41, 5.74) is 2.96. The molecule has 1 aromatic carbocycles. The third-order valence-electron chi connectivity index (χ3n) is 4.36. The van der Waals surface area contributed by atoms with Crippen molar-refractivity contribution in [1.82, 2.24) is 5.32 Å². The summed E-state index contributed by atoms with van der Waals surface area (Å²) in [4.78, 5) is 0. The Hall–Kier alpha value is -0.860. The lowest BCUT2D eigenvalue weighted by molar-refractivity contribution is 0.194. The van der Waals surface area contributed by atoms with Crippen molar-refractivity contribution in [2.24, 2.45) is 5.92 Å². The largest absolute Gasteiger partial charge is 0.381 e. The summed E-state index contributed by atoms with van der Waals surface area (Å²) in [5, 5.41) is 3.43. The lowest BCUT2D eigenvalue weighted by Gasteiger charge is -2.22. The van der Waals surface area contributed by atoms with Crippen molar-refractivity contribution in [3.8, 4) is 0 Å². The van der Waals surface area contributed by atoms with Crippen molar-refractivity contribution >= 4 is 0 Å². The van der Waals surface area contributed by atoms with Gasteiger partial charge in [0.25, 0.3) is 0 Å². The van der Waals surface area contributed by atoms with E-state index in [2.05, 4.69) is 29.6 Å². The van der Waals surface area contributed by atoms with Crippen molar-refractivity contribution < 1.29 is 4.74 Å². The SMILES string of the molecule is c1cc(C2CCOC2)ccc1CC1CCNCC1. The van der Waals surface area contributed by atoms with Crippen LogP contribution in [0.1, 0.15) is 36.3 Å². The van der Waals surface area contributed by atoms with Crippen LogP contribution in [0.5, 0.6) is 0 Å². The molecule has 1 unspecified atom stereocenters. The van der Waals surface area contributed by atoms with E-state index in [1.54, 1.807) is 0 Å². The van der Waals surface area contributed by atoms with Crippen LogP contribution < -0.4 is 5.32 Å². The highest BCUT2D eigenvalue weighted by Crippen LogP contribution is 2.26. The highest BCUT2D eigenvalue weighted by molar-refractivity contribution is 5.26. The highest BCUT2D eigenvalue weighted by atomic mass is 16.5. The fourth-order valence-electron chi connectivity index (χ4n) is 3.14. The molecule has 0 spiro atoms. The van der Waals surface area contributed by atoms with Crippen LogP contribution in [0.25, 0.3) is 0 Å². The summed E-state index contributed by atoms with van der Waals surface area (Å²) in [6.45, 7) is 4.24. The molecule has 1 atom stereocenters. The quantitative estimate of drug-likeness (QED) is 0.884. The van der Waals surface area contributed by atoms with E-state index >= 15 is 0 Å². The Morgan fingerprint density at radius 1 is 1.06 bits per heavy atom. The Morgan fingerprint density at radius 3 is 2.50 bits per heavy atom. The molecule has 3 rings (SSSR count). The van der Waals surface area contributed by atoms with E-state index in [0.29, 0.717) is 5.92 Å². The van der Waals surface area contributed by atoms with Crippen LogP contribution in [0.2, 0.25) is 0 Å². The number of benzene rings is 1. The molecular formula is C16H23NO. The smallest absolute Gasteiger partial charge is 0.0535 e. The van der Waals surface area contributed by atoms with Gasteiger partial charge in [-0.3, -0.25) is 0 Å². The number of rotatable bonds is 3. The van der Waals surface area contributed by atoms with Gasteiger partial charge < -0.3 is 10.1 Å². The molecule has 0 aromatic heterocycles. The highest BCUT2D eigenvalue weighted by Gasteiger charge is 2.18. The second-order valence-electron chi connectivity index (χ2n) is 5.70. The number of hydrogen-bond acceptors (Lipinski definition) is 2. The van der Waals surface area contributed by atoms with Gasteiger partial charge in [-0.05, 0) is 55.8 Å². The maximum absolute atomic E-state index is 5.46. The predicted octanol–water partition coefficient (Wildman–Crippen LogP) is 2.73. The van der Waals surface area contributed by atoms with Gasteiger partial charge in [0.1, 0.15) is 0 Å². The molecule has 2 fully saturated rings. The molecule has 2 nitrogen and oxygen atoms in total. The van der Waals surface area contributed by atoms with E-state index < -0.39 is 0 Å². The van der Waals surface area contributed by atoms with Crippen LogP contribution in [-0.2, 0) is 11.2 Å². The minimum Gasteiger partial charge on any atom is -0.381 e. The van der Waals surface area contributed by atoms with Gasteiger partial charge in [0.05, 0.1) is 6.61 Å². The first kappa shape index (κ1) is 12.2. The van der Waals surface area contributed by atoms with Gasteiger partial charge in [-0.1, -0.05) is 24.3 Å². The zero-order valence-electron chi connectivity index (χ0n) is 11.0. The summed E-state index contributed by atoms with van der Waals surface area (Å²) in [6, 6.07) is 9.29. The topological polar surface area (TPSA) is 21.3 Å². The standard InChI is InChI=1S/C16H23NO/c1-3-15(16-7-10-18-12-16)4-2-13(1)11-14-5-8-17-9-6-14/h1-4,14,16-17H,5-12H2. The zero-order valence-corrected chi connectivity index (χ0v) is 11.0. The zero-order chi connectivity index (χ0) is 12.2. The first-order valence-corrected chi connectivity index (χ1v) is 7.29. The van der Waals surface area contributed by atoms with Crippen molar-refractivity contribution in [2.75, 3.05) is 26.3 Å². The minimum absolute atomic E-state index is 0.637. The van der Waals surface area contributed by atoms with E-state index in [1.807, 2.05) is 0 Å². The summed E-state index contributed by atoms with van der Waals surface area (Å²) in [5.74, 6) is 1.52. The van der Waals surface area contributed by atoms with Crippen LogP contribution in [0.4, 0.5) is 0 Å². The molecule has 1 aromatic rings. The van der Waals surface area contributed by atoms with Crippen LogP contribution in [0.3, 0.4) is 0 Å². The average molecular weight is 245 g/mol. The maximum atomic E-state index is 5.46. The van der Waals surface area contributed by atoms with Gasteiger partial charge >= 0.3 is 0 Å². The number of piperidine rings is 1. The monoisotopic (exact) mass is 245 g/mol. The van der Waals surface area contributed by atoms with Crippen LogP contribution >= 0.6 is 0 Å². The molecule has 98 valence electrons. The Kier molecular flexibility index (Phi) is 3.96. The molecule has 2 aliphatic rings. The van der Waals surface area contributed by atoms with E-state index in [1.165, 1.54) is 49.9 Å². The van der Waals surface area contributed by atoms with Gasteiger partial charge in [0.2, 0.25) is 0 Å². The van der Waals surface area contributed by atoms with Crippen molar-refractivity contribution in [2.45, 2.75) is 31.6 Å². The molecule has 0 bridgehead atoms. The first-order chi connectivity index (χ1) is 8.92. The van der Waals surface area contributed by atoms with Gasteiger partial charge in [0, 0.05) is 12.5 Å².